The summed E-state index contributed by atoms with van der Waals surface area (Å²) in [6, 6.07) is 3.56. The van der Waals surface area contributed by atoms with Crippen LogP contribution in [0.15, 0.2) is 35.2 Å². The normalized spacial score (nSPS) is 20.1. The van der Waals surface area contributed by atoms with Crippen LogP contribution >= 0.6 is 0 Å². The minimum atomic E-state index is -0.681. The Bertz CT molecular complexity index is 657. The molecule has 1 N–H and O–H groups in total. The van der Waals surface area contributed by atoms with E-state index in [4.69, 9.17) is 9.15 Å². The van der Waals surface area contributed by atoms with Gasteiger partial charge in [0.1, 0.15) is 24.3 Å². The molecule has 1 aliphatic heterocycles. The molecular formula is C15H20N4O5. The van der Waals surface area contributed by atoms with E-state index < -0.39 is 11.0 Å². The van der Waals surface area contributed by atoms with Gasteiger partial charge in [-0.15, -0.1) is 0 Å². The Labute approximate surface area is 138 Å². The van der Waals surface area contributed by atoms with Crippen LogP contribution in [0.3, 0.4) is 0 Å². The zero-order valence-electron chi connectivity index (χ0n) is 13.2. The Kier molecular flexibility index (Phi) is 5.24. The van der Waals surface area contributed by atoms with Crippen molar-refractivity contribution in [1.29, 1.82) is 0 Å². The maximum atomic E-state index is 10.7. The average Bonchev–Trinajstić information content (AvgIpc) is 3.26. The third-order valence-electron chi connectivity index (χ3n) is 4.16. The summed E-state index contributed by atoms with van der Waals surface area (Å²) in [5.74, 6) is 0.545. The number of aliphatic hydroxyl groups is 1. The second kappa shape index (κ2) is 7.56. The minimum Gasteiger partial charge on any atom is -0.467 e. The SMILES string of the molecule is O=[N+]([O-])c1cnn(CCN2CCOCC2CC(O)c2ccco2)c1. The van der Waals surface area contributed by atoms with Gasteiger partial charge in [0.15, 0.2) is 0 Å². The zero-order chi connectivity index (χ0) is 16.9. The van der Waals surface area contributed by atoms with Gasteiger partial charge >= 0.3 is 5.69 Å². The van der Waals surface area contributed by atoms with Gasteiger partial charge in [0.05, 0.1) is 30.9 Å². The van der Waals surface area contributed by atoms with E-state index in [1.165, 1.54) is 18.7 Å². The van der Waals surface area contributed by atoms with Crippen molar-refractivity contribution in [3.63, 3.8) is 0 Å². The molecule has 24 heavy (non-hydrogen) atoms. The number of nitrogens with zero attached hydrogens (tertiary/aromatic N) is 4. The number of rotatable bonds is 7. The quantitative estimate of drug-likeness (QED) is 0.598. The number of ether oxygens (including phenoxy) is 1. The third-order valence-corrected chi connectivity index (χ3v) is 4.16. The molecule has 0 saturated carbocycles. The molecule has 0 aromatic carbocycles. The lowest BCUT2D eigenvalue weighted by molar-refractivity contribution is -0.385. The van der Waals surface area contributed by atoms with Crippen molar-refractivity contribution in [2.45, 2.75) is 25.1 Å². The van der Waals surface area contributed by atoms with Crippen LogP contribution in [-0.2, 0) is 11.3 Å². The van der Waals surface area contributed by atoms with Gasteiger partial charge in [-0.25, -0.2) is 0 Å². The molecule has 0 amide bonds. The Morgan fingerprint density at radius 3 is 3.08 bits per heavy atom. The second-order valence-corrected chi connectivity index (χ2v) is 5.75. The summed E-state index contributed by atoms with van der Waals surface area (Å²) in [6.07, 6.45) is 4.04. The van der Waals surface area contributed by atoms with Crippen LogP contribution in [0.1, 0.15) is 18.3 Å². The van der Waals surface area contributed by atoms with Crippen LogP contribution in [0.2, 0.25) is 0 Å². The van der Waals surface area contributed by atoms with E-state index in [9.17, 15) is 15.2 Å². The molecule has 2 atom stereocenters. The Morgan fingerprint density at radius 2 is 2.38 bits per heavy atom. The summed E-state index contributed by atoms with van der Waals surface area (Å²) in [7, 11) is 0. The Morgan fingerprint density at radius 1 is 1.50 bits per heavy atom. The van der Waals surface area contributed by atoms with Crippen molar-refractivity contribution in [3.05, 3.63) is 46.7 Å². The predicted octanol–water partition coefficient (Wildman–Crippen LogP) is 1.21. The summed E-state index contributed by atoms with van der Waals surface area (Å²) in [4.78, 5) is 12.4. The lowest BCUT2D eigenvalue weighted by Crippen LogP contribution is -2.47. The van der Waals surface area contributed by atoms with Crippen molar-refractivity contribution < 1.29 is 19.2 Å². The van der Waals surface area contributed by atoms with E-state index in [1.807, 2.05) is 0 Å². The fourth-order valence-electron chi connectivity index (χ4n) is 2.86. The molecule has 9 heteroatoms. The van der Waals surface area contributed by atoms with Crippen molar-refractivity contribution in [1.82, 2.24) is 14.7 Å². The molecule has 2 aromatic heterocycles. The van der Waals surface area contributed by atoms with Crippen LogP contribution < -0.4 is 0 Å². The number of hydrogen-bond donors (Lipinski definition) is 1. The highest BCUT2D eigenvalue weighted by Crippen LogP contribution is 2.23. The largest absolute Gasteiger partial charge is 0.467 e. The minimum absolute atomic E-state index is 0.0123. The molecule has 2 unspecified atom stereocenters. The monoisotopic (exact) mass is 336 g/mol. The first-order valence-corrected chi connectivity index (χ1v) is 7.83. The third kappa shape index (κ3) is 3.99. The molecule has 0 bridgehead atoms. The first kappa shape index (κ1) is 16.6. The van der Waals surface area contributed by atoms with Crippen LogP contribution in [0.5, 0.6) is 0 Å². The zero-order valence-corrected chi connectivity index (χ0v) is 13.2. The first-order chi connectivity index (χ1) is 11.6. The van der Waals surface area contributed by atoms with Gasteiger partial charge in [-0.2, -0.15) is 5.10 Å². The summed E-state index contributed by atoms with van der Waals surface area (Å²) in [5.41, 5.74) is -0.0123. The fraction of sp³-hybridized carbons (Fsp3) is 0.533. The molecule has 3 heterocycles. The molecule has 1 aliphatic rings. The molecule has 3 rings (SSSR count). The smallest absolute Gasteiger partial charge is 0.306 e. The van der Waals surface area contributed by atoms with Gasteiger partial charge < -0.3 is 14.3 Å². The van der Waals surface area contributed by atoms with Crippen molar-refractivity contribution in [2.75, 3.05) is 26.3 Å². The summed E-state index contributed by atoms with van der Waals surface area (Å²) >= 11 is 0. The van der Waals surface area contributed by atoms with Gasteiger partial charge in [0, 0.05) is 19.1 Å². The van der Waals surface area contributed by atoms with Crippen molar-refractivity contribution in [2.24, 2.45) is 0 Å². The van der Waals surface area contributed by atoms with Crippen LogP contribution in [-0.4, -0.2) is 57.1 Å². The maximum absolute atomic E-state index is 10.7. The van der Waals surface area contributed by atoms with Crippen LogP contribution in [0.25, 0.3) is 0 Å². The highest BCUT2D eigenvalue weighted by atomic mass is 16.6. The highest BCUT2D eigenvalue weighted by molar-refractivity contribution is 5.20. The van der Waals surface area contributed by atoms with E-state index >= 15 is 0 Å². The average molecular weight is 336 g/mol. The van der Waals surface area contributed by atoms with Gasteiger partial charge in [-0.05, 0) is 18.6 Å². The topological polar surface area (TPSA) is 107 Å². The van der Waals surface area contributed by atoms with E-state index in [0.29, 0.717) is 38.5 Å². The molecule has 0 radical (unpaired) electrons. The highest BCUT2D eigenvalue weighted by Gasteiger charge is 2.26. The molecule has 130 valence electrons. The summed E-state index contributed by atoms with van der Waals surface area (Å²) < 4.78 is 12.3. The number of aliphatic hydroxyl groups excluding tert-OH is 1. The second-order valence-electron chi connectivity index (χ2n) is 5.75. The molecular weight excluding hydrogens is 316 g/mol. The number of aromatic nitrogens is 2. The number of furan rings is 1. The van der Waals surface area contributed by atoms with E-state index in [-0.39, 0.29) is 11.7 Å². The maximum Gasteiger partial charge on any atom is 0.306 e. The first-order valence-electron chi connectivity index (χ1n) is 7.83. The number of morpholine rings is 1. The number of hydrogen-bond acceptors (Lipinski definition) is 7. The van der Waals surface area contributed by atoms with Gasteiger partial charge in [-0.1, -0.05) is 0 Å². The van der Waals surface area contributed by atoms with Gasteiger partial charge in [0.25, 0.3) is 0 Å². The Balaban J connectivity index is 1.56. The summed E-state index contributed by atoms with van der Waals surface area (Å²) in [5, 5.41) is 25.0. The molecule has 9 nitrogen and oxygen atoms in total. The molecule has 0 aliphatic carbocycles. The van der Waals surface area contributed by atoms with E-state index in [2.05, 4.69) is 10.00 Å². The van der Waals surface area contributed by atoms with Crippen LogP contribution in [0, 0.1) is 10.1 Å². The molecule has 1 fully saturated rings. The van der Waals surface area contributed by atoms with E-state index in [0.717, 1.165) is 6.54 Å². The lowest BCUT2D eigenvalue weighted by Gasteiger charge is -2.36. The van der Waals surface area contributed by atoms with Gasteiger partial charge in [0.2, 0.25) is 0 Å². The van der Waals surface area contributed by atoms with Crippen molar-refractivity contribution >= 4 is 5.69 Å². The number of nitro groups is 1. The van der Waals surface area contributed by atoms with Gasteiger partial charge in [-0.3, -0.25) is 19.7 Å². The molecule has 2 aromatic rings. The predicted molar refractivity (Wildman–Crippen MR) is 83.3 cm³/mol. The molecule has 1 saturated heterocycles. The van der Waals surface area contributed by atoms with E-state index in [1.54, 1.807) is 16.8 Å². The fourth-order valence-corrected chi connectivity index (χ4v) is 2.86. The Hall–Kier alpha value is -2.23. The standard InChI is InChI=1S/C15H20N4O5/c20-14(15-2-1-6-24-15)8-12-11-23-7-5-17(12)3-4-18-10-13(9-16-18)19(21)22/h1-2,6,9-10,12,14,20H,3-5,7-8,11H2. The van der Waals surface area contributed by atoms with Crippen molar-refractivity contribution in [3.8, 4) is 0 Å². The lowest BCUT2D eigenvalue weighted by atomic mass is 10.1. The molecule has 0 spiro atoms. The van der Waals surface area contributed by atoms with Crippen LogP contribution in [0.4, 0.5) is 5.69 Å². The summed E-state index contributed by atoms with van der Waals surface area (Å²) in [6.45, 7) is 3.14.